The minimum atomic E-state index is 0. The van der Waals surface area contributed by atoms with Crippen molar-refractivity contribution in [2.24, 2.45) is 23.3 Å². The third-order valence-electron chi connectivity index (χ3n) is 2.18. The molecule has 3 heteroatoms. The van der Waals surface area contributed by atoms with Gasteiger partial charge in [-0.15, -0.1) is 12.4 Å². The Morgan fingerprint density at radius 2 is 1.33 bits per heavy atom. The quantitative estimate of drug-likeness (QED) is 0.597. The highest BCUT2D eigenvalue weighted by molar-refractivity contribution is 5.85. The lowest BCUT2D eigenvalue weighted by Gasteiger charge is -2.34. The lowest BCUT2D eigenvalue weighted by atomic mass is 9.74. The van der Waals surface area contributed by atoms with Crippen LogP contribution >= 0.6 is 12.4 Å². The lowest BCUT2D eigenvalue weighted by molar-refractivity contribution is 0.192. The van der Waals surface area contributed by atoms with Gasteiger partial charge in [-0.1, -0.05) is 0 Å². The molecule has 0 radical (unpaired) electrons. The average Bonchev–Trinajstić information content (AvgIpc) is 1.66. The highest BCUT2D eigenvalue weighted by atomic mass is 35.5. The first-order chi connectivity index (χ1) is 3.88. The van der Waals surface area contributed by atoms with Crippen LogP contribution in [0.3, 0.4) is 0 Å². The van der Waals surface area contributed by atoms with Gasteiger partial charge in [0.2, 0.25) is 0 Å². The Morgan fingerprint density at radius 3 is 1.44 bits per heavy atom. The fourth-order valence-corrected chi connectivity index (χ4v) is 1.26. The van der Waals surface area contributed by atoms with E-state index in [0.29, 0.717) is 0 Å². The van der Waals surface area contributed by atoms with Gasteiger partial charge in [0, 0.05) is 0 Å². The zero-order valence-electron chi connectivity index (χ0n) is 5.55. The van der Waals surface area contributed by atoms with E-state index in [-0.39, 0.29) is 12.4 Å². The van der Waals surface area contributed by atoms with Crippen LogP contribution in [0.1, 0.15) is 12.8 Å². The van der Waals surface area contributed by atoms with Crippen molar-refractivity contribution in [3.63, 3.8) is 0 Å². The Morgan fingerprint density at radius 1 is 1.00 bits per heavy atom. The van der Waals surface area contributed by atoms with Gasteiger partial charge in [0.1, 0.15) is 0 Å². The number of hydrogen-bond acceptors (Lipinski definition) is 2. The average molecular weight is 151 g/mol. The standard InChI is InChI=1S/C6H14N2.ClH/c7-3-5-1-2-6(5)4-8;/h5-6H,1-4,7-8H2;1H. The van der Waals surface area contributed by atoms with Gasteiger partial charge in [-0.25, -0.2) is 0 Å². The summed E-state index contributed by atoms with van der Waals surface area (Å²) in [4.78, 5) is 0. The van der Waals surface area contributed by atoms with Gasteiger partial charge in [0.05, 0.1) is 0 Å². The molecule has 1 fully saturated rings. The van der Waals surface area contributed by atoms with Crippen molar-refractivity contribution in [2.75, 3.05) is 13.1 Å². The molecule has 2 nitrogen and oxygen atoms in total. The second kappa shape index (κ2) is 4.09. The zero-order valence-corrected chi connectivity index (χ0v) is 6.36. The van der Waals surface area contributed by atoms with Crippen LogP contribution in [-0.2, 0) is 0 Å². The number of rotatable bonds is 2. The van der Waals surface area contributed by atoms with E-state index in [9.17, 15) is 0 Å². The van der Waals surface area contributed by atoms with Crippen molar-refractivity contribution in [1.29, 1.82) is 0 Å². The van der Waals surface area contributed by atoms with Crippen molar-refractivity contribution in [1.82, 2.24) is 0 Å². The third-order valence-corrected chi connectivity index (χ3v) is 2.18. The van der Waals surface area contributed by atoms with Crippen molar-refractivity contribution in [2.45, 2.75) is 12.8 Å². The predicted molar refractivity (Wildman–Crippen MR) is 41.6 cm³/mol. The molecular weight excluding hydrogens is 136 g/mol. The molecule has 0 saturated heterocycles. The zero-order chi connectivity index (χ0) is 5.98. The van der Waals surface area contributed by atoms with Crippen LogP contribution in [0.2, 0.25) is 0 Å². The minimum Gasteiger partial charge on any atom is -0.330 e. The number of hydrogen-bond donors (Lipinski definition) is 2. The molecule has 0 amide bonds. The molecule has 2 atom stereocenters. The summed E-state index contributed by atoms with van der Waals surface area (Å²) in [6.07, 6.45) is 2.61. The minimum absolute atomic E-state index is 0. The Balaban J connectivity index is 0.000000640. The van der Waals surface area contributed by atoms with Gasteiger partial charge in [-0.3, -0.25) is 0 Å². The second-order valence-corrected chi connectivity index (χ2v) is 2.57. The maximum absolute atomic E-state index is 5.44. The summed E-state index contributed by atoms with van der Waals surface area (Å²) in [6.45, 7) is 1.67. The molecule has 0 spiro atoms. The lowest BCUT2D eigenvalue weighted by Crippen LogP contribution is -2.36. The summed E-state index contributed by atoms with van der Waals surface area (Å²) in [6, 6.07) is 0. The predicted octanol–water partition coefficient (Wildman–Crippen LogP) is 0.352. The van der Waals surface area contributed by atoms with Gasteiger partial charge < -0.3 is 11.5 Å². The van der Waals surface area contributed by atoms with E-state index in [1.165, 1.54) is 12.8 Å². The molecule has 1 saturated carbocycles. The maximum atomic E-state index is 5.44. The van der Waals surface area contributed by atoms with E-state index in [2.05, 4.69) is 0 Å². The summed E-state index contributed by atoms with van der Waals surface area (Å²) in [5.74, 6) is 1.50. The van der Waals surface area contributed by atoms with Gasteiger partial charge in [-0.05, 0) is 37.8 Å². The van der Waals surface area contributed by atoms with Gasteiger partial charge >= 0.3 is 0 Å². The fraction of sp³-hybridized carbons (Fsp3) is 1.00. The Hall–Kier alpha value is 0.210. The molecule has 0 heterocycles. The molecule has 0 aromatic heterocycles. The molecule has 1 aliphatic carbocycles. The first-order valence-electron chi connectivity index (χ1n) is 3.28. The van der Waals surface area contributed by atoms with E-state index in [1.807, 2.05) is 0 Å². The van der Waals surface area contributed by atoms with Crippen LogP contribution in [0, 0.1) is 11.8 Å². The van der Waals surface area contributed by atoms with E-state index >= 15 is 0 Å². The van der Waals surface area contributed by atoms with E-state index in [0.717, 1.165) is 24.9 Å². The third kappa shape index (κ3) is 1.81. The van der Waals surface area contributed by atoms with E-state index < -0.39 is 0 Å². The molecule has 0 bridgehead atoms. The fourth-order valence-electron chi connectivity index (χ4n) is 1.26. The topological polar surface area (TPSA) is 52.0 Å². The first-order valence-corrected chi connectivity index (χ1v) is 3.28. The molecule has 1 rings (SSSR count). The highest BCUT2D eigenvalue weighted by Crippen LogP contribution is 2.31. The number of nitrogens with two attached hydrogens (primary N) is 2. The van der Waals surface area contributed by atoms with Crippen LogP contribution in [0.4, 0.5) is 0 Å². The van der Waals surface area contributed by atoms with Gasteiger partial charge in [-0.2, -0.15) is 0 Å². The first kappa shape index (κ1) is 9.21. The van der Waals surface area contributed by atoms with Crippen LogP contribution in [0.15, 0.2) is 0 Å². The smallest absolute Gasteiger partial charge is 0.00457 e. The molecule has 9 heavy (non-hydrogen) atoms. The van der Waals surface area contributed by atoms with E-state index in [1.54, 1.807) is 0 Å². The largest absolute Gasteiger partial charge is 0.330 e. The van der Waals surface area contributed by atoms with Crippen molar-refractivity contribution < 1.29 is 0 Å². The molecule has 2 unspecified atom stereocenters. The normalized spacial score (nSPS) is 32.7. The molecule has 0 aromatic rings. The summed E-state index contributed by atoms with van der Waals surface area (Å²) in [5, 5.41) is 0. The van der Waals surface area contributed by atoms with Crippen LogP contribution < -0.4 is 11.5 Å². The number of halogens is 1. The van der Waals surface area contributed by atoms with Crippen molar-refractivity contribution in [3.8, 4) is 0 Å². The molecule has 0 aromatic carbocycles. The molecular formula is C6H15ClN2. The van der Waals surface area contributed by atoms with Crippen LogP contribution in [0.5, 0.6) is 0 Å². The molecule has 56 valence electrons. The molecule has 4 N–H and O–H groups in total. The SMILES string of the molecule is Cl.NCC1CCC1CN. The summed E-state index contributed by atoms with van der Waals surface area (Å²) < 4.78 is 0. The van der Waals surface area contributed by atoms with Crippen molar-refractivity contribution >= 4 is 12.4 Å². The Kier molecular flexibility index (Phi) is 4.19. The second-order valence-electron chi connectivity index (χ2n) is 2.57. The summed E-state index contributed by atoms with van der Waals surface area (Å²) in [5.41, 5.74) is 10.9. The van der Waals surface area contributed by atoms with Crippen LogP contribution in [0.25, 0.3) is 0 Å². The maximum Gasteiger partial charge on any atom is -0.00457 e. The highest BCUT2D eigenvalue weighted by Gasteiger charge is 2.27. The summed E-state index contributed by atoms with van der Waals surface area (Å²) >= 11 is 0. The Bertz CT molecular complexity index is 63.5. The van der Waals surface area contributed by atoms with Crippen LogP contribution in [-0.4, -0.2) is 13.1 Å². The van der Waals surface area contributed by atoms with E-state index in [4.69, 9.17) is 11.5 Å². The molecule has 0 aliphatic heterocycles. The summed E-state index contributed by atoms with van der Waals surface area (Å²) in [7, 11) is 0. The van der Waals surface area contributed by atoms with Gasteiger partial charge in [0.25, 0.3) is 0 Å². The van der Waals surface area contributed by atoms with Gasteiger partial charge in [0.15, 0.2) is 0 Å². The van der Waals surface area contributed by atoms with Crippen molar-refractivity contribution in [3.05, 3.63) is 0 Å². The monoisotopic (exact) mass is 150 g/mol. The molecule has 1 aliphatic rings. The Labute approximate surface area is 62.4 Å².